The van der Waals surface area contributed by atoms with E-state index in [1.165, 1.54) is 0 Å². The van der Waals surface area contributed by atoms with Crippen molar-refractivity contribution in [1.29, 1.82) is 0 Å². The van der Waals surface area contributed by atoms with Gasteiger partial charge in [-0.05, 0) is 31.2 Å². The Labute approximate surface area is 133 Å². The van der Waals surface area contributed by atoms with E-state index in [1.54, 1.807) is 26.5 Å². The average Bonchev–Trinajstić information content (AvgIpc) is 3.21. The molecule has 1 aromatic carbocycles. The summed E-state index contributed by atoms with van der Waals surface area (Å²) in [5.74, 6) is 2.65. The van der Waals surface area contributed by atoms with Gasteiger partial charge in [0.15, 0.2) is 0 Å². The van der Waals surface area contributed by atoms with E-state index in [9.17, 15) is 0 Å². The lowest BCUT2D eigenvalue weighted by atomic mass is 10.2. The number of aromatic nitrogens is 2. The van der Waals surface area contributed by atoms with E-state index in [0.717, 1.165) is 28.4 Å². The van der Waals surface area contributed by atoms with Gasteiger partial charge in [0.1, 0.15) is 17.3 Å². The van der Waals surface area contributed by atoms with Gasteiger partial charge in [-0.3, -0.25) is 0 Å². The Bertz CT molecular complexity index is 794. The van der Waals surface area contributed by atoms with E-state index in [-0.39, 0.29) is 0 Å². The van der Waals surface area contributed by atoms with Crippen molar-refractivity contribution in [2.75, 3.05) is 19.5 Å². The lowest BCUT2D eigenvalue weighted by Crippen LogP contribution is -2.02. The van der Waals surface area contributed by atoms with Crippen LogP contribution in [-0.2, 0) is 6.54 Å². The van der Waals surface area contributed by atoms with Crippen LogP contribution >= 0.6 is 0 Å². The van der Waals surface area contributed by atoms with Crippen molar-refractivity contribution in [3.8, 4) is 23.0 Å². The molecule has 0 radical (unpaired) electrons. The van der Waals surface area contributed by atoms with Gasteiger partial charge in [-0.2, -0.15) is 0 Å². The molecule has 3 aromatic rings. The smallest absolute Gasteiger partial charge is 0.316 e. The monoisotopic (exact) mass is 315 g/mol. The third-order valence-corrected chi connectivity index (χ3v) is 3.43. The van der Waals surface area contributed by atoms with Gasteiger partial charge in [0.25, 0.3) is 5.89 Å². The van der Waals surface area contributed by atoms with Crippen LogP contribution in [0.15, 0.2) is 39.4 Å². The van der Waals surface area contributed by atoms with E-state index in [1.807, 2.05) is 25.1 Å². The molecule has 0 amide bonds. The zero-order valence-electron chi connectivity index (χ0n) is 13.1. The van der Waals surface area contributed by atoms with Gasteiger partial charge in [-0.15, -0.1) is 5.10 Å². The fraction of sp³-hybridized carbons (Fsp3) is 0.250. The maximum Gasteiger partial charge on any atom is 0.316 e. The summed E-state index contributed by atoms with van der Waals surface area (Å²) in [4.78, 5) is 0. The van der Waals surface area contributed by atoms with Gasteiger partial charge in [0, 0.05) is 12.1 Å². The zero-order chi connectivity index (χ0) is 16.2. The normalized spacial score (nSPS) is 10.6. The van der Waals surface area contributed by atoms with E-state index in [0.29, 0.717) is 18.5 Å². The van der Waals surface area contributed by atoms with E-state index >= 15 is 0 Å². The predicted octanol–water partition coefficient (Wildman–Crippen LogP) is 3.27. The van der Waals surface area contributed by atoms with E-state index < -0.39 is 0 Å². The number of nitrogens with one attached hydrogen (secondary N) is 1. The molecule has 23 heavy (non-hydrogen) atoms. The van der Waals surface area contributed by atoms with Gasteiger partial charge in [0.2, 0.25) is 0 Å². The lowest BCUT2D eigenvalue weighted by Gasteiger charge is -2.10. The number of methoxy groups -OCH3 is 2. The Kier molecular flexibility index (Phi) is 4.18. The molecule has 0 saturated carbocycles. The van der Waals surface area contributed by atoms with Crippen LogP contribution in [0.2, 0.25) is 0 Å². The third-order valence-electron chi connectivity index (χ3n) is 3.43. The molecule has 0 aliphatic carbocycles. The highest BCUT2D eigenvalue weighted by Crippen LogP contribution is 2.26. The largest absolute Gasteiger partial charge is 0.497 e. The summed E-state index contributed by atoms with van der Waals surface area (Å²) in [6, 6.07) is 7.70. The van der Waals surface area contributed by atoms with Crippen molar-refractivity contribution >= 4 is 6.01 Å². The van der Waals surface area contributed by atoms with Crippen molar-refractivity contribution in [2.24, 2.45) is 0 Å². The fourth-order valence-corrected chi connectivity index (χ4v) is 2.20. The maximum absolute atomic E-state index is 5.60. The summed E-state index contributed by atoms with van der Waals surface area (Å²) in [6.07, 6.45) is 1.59. The number of nitrogens with zero attached hydrogens (tertiary/aromatic N) is 2. The number of hydrogen-bond donors (Lipinski definition) is 1. The van der Waals surface area contributed by atoms with Crippen LogP contribution < -0.4 is 14.8 Å². The van der Waals surface area contributed by atoms with Gasteiger partial charge in [-0.1, -0.05) is 5.10 Å². The highest BCUT2D eigenvalue weighted by Gasteiger charge is 2.13. The maximum atomic E-state index is 5.60. The van der Waals surface area contributed by atoms with Crippen molar-refractivity contribution in [2.45, 2.75) is 13.5 Å². The Morgan fingerprint density at radius 3 is 2.70 bits per heavy atom. The molecule has 2 aromatic heterocycles. The summed E-state index contributed by atoms with van der Waals surface area (Å²) in [5.41, 5.74) is 1.70. The first-order chi connectivity index (χ1) is 11.2. The SMILES string of the molecule is COc1ccc(OC)c(CNc2nnc(-c3ccoc3C)o2)c1. The summed E-state index contributed by atoms with van der Waals surface area (Å²) < 4.78 is 21.4. The molecule has 0 fully saturated rings. The van der Waals surface area contributed by atoms with Crippen LogP contribution in [0, 0.1) is 6.92 Å². The van der Waals surface area contributed by atoms with Crippen molar-refractivity contribution < 1.29 is 18.3 Å². The Morgan fingerprint density at radius 2 is 2.00 bits per heavy atom. The third kappa shape index (κ3) is 3.13. The molecule has 7 nitrogen and oxygen atoms in total. The van der Waals surface area contributed by atoms with Crippen molar-refractivity contribution in [3.63, 3.8) is 0 Å². The molecule has 0 atom stereocenters. The molecular formula is C16H17N3O4. The number of ether oxygens (including phenoxy) is 2. The highest BCUT2D eigenvalue weighted by molar-refractivity contribution is 5.55. The molecule has 0 aliphatic rings. The van der Waals surface area contributed by atoms with Crippen LogP contribution in [-0.4, -0.2) is 24.4 Å². The summed E-state index contributed by atoms with van der Waals surface area (Å²) >= 11 is 0. The standard InChI is InChI=1S/C16H17N3O4/c1-10-13(6-7-22-10)15-18-19-16(23-15)17-9-11-8-12(20-2)4-5-14(11)21-3/h4-8H,9H2,1-3H3,(H,17,19). The molecule has 0 bridgehead atoms. The highest BCUT2D eigenvalue weighted by atomic mass is 16.5. The quantitative estimate of drug-likeness (QED) is 0.747. The molecule has 3 rings (SSSR count). The van der Waals surface area contributed by atoms with Gasteiger partial charge in [0.05, 0.1) is 26.0 Å². The van der Waals surface area contributed by atoms with Gasteiger partial charge in [-0.25, -0.2) is 0 Å². The second kappa shape index (κ2) is 6.43. The zero-order valence-corrected chi connectivity index (χ0v) is 13.1. The van der Waals surface area contributed by atoms with E-state index in [4.69, 9.17) is 18.3 Å². The molecule has 7 heteroatoms. The molecule has 0 unspecified atom stereocenters. The second-order valence-corrected chi connectivity index (χ2v) is 4.83. The first-order valence-corrected chi connectivity index (χ1v) is 7.04. The first kappa shape index (κ1) is 15.0. The minimum absolute atomic E-state index is 0.325. The number of furan rings is 1. The second-order valence-electron chi connectivity index (χ2n) is 4.83. The summed E-state index contributed by atoms with van der Waals surface area (Å²) in [7, 11) is 3.24. The Hall–Kier alpha value is -2.96. The average molecular weight is 315 g/mol. The lowest BCUT2D eigenvalue weighted by molar-refractivity contribution is 0.399. The summed E-state index contributed by atoms with van der Waals surface area (Å²) in [6.45, 7) is 2.31. The fourth-order valence-electron chi connectivity index (χ4n) is 2.20. The first-order valence-electron chi connectivity index (χ1n) is 7.04. The molecule has 1 N–H and O–H groups in total. The molecule has 0 saturated heterocycles. The molecular weight excluding hydrogens is 298 g/mol. The van der Waals surface area contributed by atoms with Crippen LogP contribution in [0.1, 0.15) is 11.3 Å². The Balaban J connectivity index is 1.74. The van der Waals surface area contributed by atoms with Gasteiger partial charge >= 0.3 is 6.01 Å². The summed E-state index contributed by atoms with van der Waals surface area (Å²) in [5, 5.41) is 11.1. The van der Waals surface area contributed by atoms with Gasteiger partial charge < -0.3 is 23.6 Å². The van der Waals surface area contributed by atoms with Crippen LogP contribution in [0.4, 0.5) is 6.01 Å². The topological polar surface area (TPSA) is 82.5 Å². The minimum atomic E-state index is 0.325. The van der Waals surface area contributed by atoms with E-state index in [2.05, 4.69) is 15.5 Å². The number of rotatable bonds is 6. The van der Waals surface area contributed by atoms with Crippen LogP contribution in [0.3, 0.4) is 0 Å². The van der Waals surface area contributed by atoms with Crippen LogP contribution in [0.5, 0.6) is 11.5 Å². The molecule has 120 valence electrons. The molecule has 2 heterocycles. The predicted molar refractivity (Wildman–Crippen MR) is 83.6 cm³/mol. The Morgan fingerprint density at radius 1 is 1.13 bits per heavy atom. The van der Waals surface area contributed by atoms with Crippen LogP contribution in [0.25, 0.3) is 11.5 Å². The number of anilines is 1. The van der Waals surface area contributed by atoms with Crippen molar-refractivity contribution in [3.05, 3.63) is 41.9 Å². The molecule has 0 spiro atoms. The minimum Gasteiger partial charge on any atom is -0.497 e. The molecule has 0 aliphatic heterocycles. The number of hydrogen-bond acceptors (Lipinski definition) is 7. The number of benzene rings is 1. The van der Waals surface area contributed by atoms with Crippen molar-refractivity contribution in [1.82, 2.24) is 10.2 Å². The number of aryl methyl sites for hydroxylation is 1.